The fourth-order valence-corrected chi connectivity index (χ4v) is 3.41. The van der Waals surface area contributed by atoms with Gasteiger partial charge in [-0.2, -0.15) is 0 Å². The van der Waals surface area contributed by atoms with E-state index in [1.54, 1.807) is 6.07 Å². The number of fused-ring (bicyclic) bond motifs is 1. The number of likely N-dealkylation sites (N-methyl/N-ethyl adjacent to an activating group) is 1. The lowest BCUT2D eigenvalue weighted by molar-refractivity contribution is 0.101. The summed E-state index contributed by atoms with van der Waals surface area (Å²) in [4.78, 5) is 19.5. The van der Waals surface area contributed by atoms with E-state index >= 15 is 0 Å². The number of imidazole rings is 1. The van der Waals surface area contributed by atoms with E-state index < -0.39 is 0 Å². The normalized spacial score (nSPS) is 14.6. The molecule has 0 atom stereocenters. The van der Waals surface area contributed by atoms with Gasteiger partial charge in [0.15, 0.2) is 5.82 Å². The Labute approximate surface area is 148 Å². The van der Waals surface area contributed by atoms with Crippen molar-refractivity contribution in [2.75, 3.05) is 18.9 Å². The zero-order chi connectivity index (χ0) is 16.6. The van der Waals surface area contributed by atoms with E-state index in [1.807, 2.05) is 23.6 Å². The fourth-order valence-electron chi connectivity index (χ4n) is 2.87. The van der Waals surface area contributed by atoms with Crippen LogP contribution in [0.4, 0.5) is 5.69 Å². The summed E-state index contributed by atoms with van der Waals surface area (Å²) in [6.07, 6.45) is 0.914. The van der Waals surface area contributed by atoms with Crippen molar-refractivity contribution in [3.05, 3.63) is 44.9 Å². The summed E-state index contributed by atoms with van der Waals surface area (Å²) >= 11 is 9.59. The molecule has 1 N–H and O–H groups in total. The molecule has 0 radical (unpaired) electrons. The van der Waals surface area contributed by atoms with Crippen LogP contribution in [0.15, 0.2) is 22.7 Å². The number of aromatic nitrogens is 2. The van der Waals surface area contributed by atoms with Crippen LogP contribution in [0.5, 0.6) is 0 Å². The van der Waals surface area contributed by atoms with Gasteiger partial charge in [-0.05, 0) is 42.0 Å². The lowest BCUT2D eigenvalue weighted by Gasteiger charge is -2.22. The fraction of sp³-hybridized carbons (Fsp3) is 0.375. The number of halogens is 2. The molecule has 1 aliphatic heterocycles. The minimum absolute atomic E-state index is 0.232. The zero-order valence-corrected chi connectivity index (χ0v) is 15.4. The molecule has 23 heavy (non-hydrogen) atoms. The van der Waals surface area contributed by atoms with E-state index in [0.717, 1.165) is 41.9 Å². The third-order valence-corrected chi connectivity index (χ3v) is 5.32. The van der Waals surface area contributed by atoms with Gasteiger partial charge in [-0.15, -0.1) is 0 Å². The van der Waals surface area contributed by atoms with E-state index in [0.29, 0.717) is 16.5 Å². The van der Waals surface area contributed by atoms with Crippen LogP contribution in [0.2, 0.25) is 5.02 Å². The van der Waals surface area contributed by atoms with Crippen LogP contribution in [0.25, 0.3) is 0 Å². The average molecular weight is 398 g/mol. The lowest BCUT2D eigenvalue weighted by atomic mass is 10.1. The van der Waals surface area contributed by atoms with Crippen LogP contribution >= 0.6 is 27.5 Å². The van der Waals surface area contributed by atoms with Gasteiger partial charge in [0, 0.05) is 36.2 Å². The summed E-state index contributed by atoms with van der Waals surface area (Å²) < 4.78 is 2.75. The van der Waals surface area contributed by atoms with Crippen molar-refractivity contribution in [3.8, 4) is 0 Å². The molecule has 0 saturated carbocycles. The molecule has 0 spiro atoms. The number of benzene rings is 1. The van der Waals surface area contributed by atoms with Crippen LogP contribution in [0, 0.1) is 0 Å². The molecule has 2 heterocycles. The molecule has 0 fully saturated rings. The summed E-state index contributed by atoms with van der Waals surface area (Å²) in [6, 6.07) is 5.44. The number of carbonyl (C=O) groups is 1. The Morgan fingerprint density at radius 3 is 3.00 bits per heavy atom. The van der Waals surface area contributed by atoms with Gasteiger partial charge in [0.05, 0.1) is 16.4 Å². The second-order valence-electron chi connectivity index (χ2n) is 5.62. The Kier molecular flexibility index (Phi) is 4.75. The maximum Gasteiger partial charge on any atom is 0.291 e. The average Bonchev–Trinajstić information content (AvgIpc) is 2.89. The number of hydrogen-bond acceptors (Lipinski definition) is 3. The highest BCUT2D eigenvalue weighted by atomic mass is 79.9. The molecule has 1 amide bonds. The Balaban J connectivity index is 1.92. The molecule has 3 rings (SSSR count). The van der Waals surface area contributed by atoms with Crippen molar-refractivity contribution in [2.45, 2.75) is 26.4 Å². The third kappa shape index (κ3) is 3.16. The summed E-state index contributed by atoms with van der Waals surface area (Å²) in [6.45, 7) is 4.52. The molecule has 0 aliphatic carbocycles. The maximum absolute atomic E-state index is 12.7. The SMILES string of the molecule is CCn1c(C(=O)Nc2cccc(Br)c2Cl)nc2c1CCN(C)C2. The lowest BCUT2D eigenvalue weighted by Crippen LogP contribution is -2.27. The topological polar surface area (TPSA) is 50.2 Å². The minimum Gasteiger partial charge on any atom is -0.324 e. The van der Waals surface area contributed by atoms with Crippen LogP contribution in [0.1, 0.15) is 28.9 Å². The first-order valence-corrected chi connectivity index (χ1v) is 8.70. The first-order chi connectivity index (χ1) is 11.0. The molecule has 2 aromatic rings. The number of nitrogens with zero attached hydrogens (tertiary/aromatic N) is 3. The van der Waals surface area contributed by atoms with Gasteiger partial charge >= 0.3 is 0 Å². The van der Waals surface area contributed by atoms with E-state index in [1.165, 1.54) is 0 Å². The molecule has 1 aromatic carbocycles. The van der Waals surface area contributed by atoms with Crippen LogP contribution in [0.3, 0.4) is 0 Å². The van der Waals surface area contributed by atoms with Crippen LogP contribution in [-0.2, 0) is 19.5 Å². The maximum atomic E-state index is 12.7. The Morgan fingerprint density at radius 2 is 2.26 bits per heavy atom. The number of hydrogen-bond donors (Lipinski definition) is 1. The van der Waals surface area contributed by atoms with E-state index in [4.69, 9.17) is 11.6 Å². The van der Waals surface area contributed by atoms with Crippen molar-refractivity contribution >= 4 is 39.1 Å². The van der Waals surface area contributed by atoms with Crippen molar-refractivity contribution in [1.82, 2.24) is 14.5 Å². The standard InChI is InChI=1S/C16H18BrClN4O/c1-3-22-13-7-8-21(2)9-12(13)19-15(22)16(23)20-11-6-4-5-10(17)14(11)18/h4-6H,3,7-9H2,1-2H3,(H,20,23). The number of nitrogens with one attached hydrogen (secondary N) is 1. The van der Waals surface area contributed by atoms with Gasteiger partial charge in [0.1, 0.15) is 0 Å². The summed E-state index contributed by atoms with van der Waals surface area (Å²) in [5.74, 6) is 0.216. The molecule has 0 unspecified atom stereocenters. The Morgan fingerprint density at radius 1 is 1.48 bits per heavy atom. The highest BCUT2D eigenvalue weighted by molar-refractivity contribution is 9.10. The molecule has 1 aliphatic rings. The van der Waals surface area contributed by atoms with Gasteiger partial charge in [-0.1, -0.05) is 17.7 Å². The molecular weight excluding hydrogens is 380 g/mol. The third-order valence-electron chi connectivity index (χ3n) is 4.02. The second-order valence-corrected chi connectivity index (χ2v) is 6.85. The quantitative estimate of drug-likeness (QED) is 0.861. The largest absolute Gasteiger partial charge is 0.324 e. The molecule has 0 bridgehead atoms. The van der Waals surface area contributed by atoms with Gasteiger partial charge < -0.3 is 14.8 Å². The summed E-state index contributed by atoms with van der Waals surface area (Å²) in [7, 11) is 2.06. The van der Waals surface area contributed by atoms with Crippen molar-refractivity contribution < 1.29 is 4.79 Å². The van der Waals surface area contributed by atoms with Crippen molar-refractivity contribution in [3.63, 3.8) is 0 Å². The van der Waals surface area contributed by atoms with E-state index in [9.17, 15) is 4.79 Å². The Bertz CT molecular complexity index is 759. The zero-order valence-electron chi connectivity index (χ0n) is 13.1. The molecule has 122 valence electrons. The van der Waals surface area contributed by atoms with Gasteiger partial charge in [-0.3, -0.25) is 4.79 Å². The molecule has 0 saturated heterocycles. The first-order valence-electron chi connectivity index (χ1n) is 7.53. The van der Waals surface area contributed by atoms with Gasteiger partial charge in [0.2, 0.25) is 0 Å². The molecule has 1 aromatic heterocycles. The van der Waals surface area contributed by atoms with E-state index in [2.05, 4.69) is 38.2 Å². The monoisotopic (exact) mass is 396 g/mol. The molecular formula is C16H18BrClN4O. The van der Waals surface area contributed by atoms with Crippen LogP contribution < -0.4 is 5.32 Å². The number of rotatable bonds is 3. The number of amides is 1. The van der Waals surface area contributed by atoms with E-state index in [-0.39, 0.29) is 5.91 Å². The van der Waals surface area contributed by atoms with Gasteiger partial charge in [0.25, 0.3) is 5.91 Å². The highest BCUT2D eigenvalue weighted by Crippen LogP contribution is 2.30. The number of anilines is 1. The highest BCUT2D eigenvalue weighted by Gasteiger charge is 2.25. The second kappa shape index (κ2) is 6.63. The van der Waals surface area contributed by atoms with Crippen LogP contribution in [-0.4, -0.2) is 34.0 Å². The first kappa shape index (κ1) is 16.5. The van der Waals surface area contributed by atoms with Crippen molar-refractivity contribution in [2.24, 2.45) is 0 Å². The predicted molar refractivity (Wildman–Crippen MR) is 95.0 cm³/mol. The molecule has 7 heteroatoms. The Hall–Kier alpha value is -1.37. The predicted octanol–water partition coefficient (Wildman–Crippen LogP) is 3.56. The molecule has 5 nitrogen and oxygen atoms in total. The number of carbonyl (C=O) groups excluding carboxylic acids is 1. The summed E-state index contributed by atoms with van der Waals surface area (Å²) in [5, 5.41) is 3.35. The van der Waals surface area contributed by atoms with Crippen molar-refractivity contribution in [1.29, 1.82) is 0 Å². The smallest absolute Gasteiger partial charge is 0.291 e. The summed E-state index contributed by atoms with van der Waals surface area (Å²) in [5.41, 5.74) is 2.73. The van der Waals surface area contributed by atoms with Gasteiger partial charge in [-0.25, -0.2) is 4.98 Å². The minimum atomic E-state index is -0.232.